The highest BCUT2D eigenvalue weighted by atomic mass is 16.4. The molecule has 0 unspecified atom stereocenters. The van der Waals surface area contributed by atoms with E-state index in [-0.39, 0.29) is 18.1 Å². The molecule has 0 spiro atoms. The van der Waals surface area contributed by atoms with E-state index in [1.165, 1.54) is 16.9 Å². The van der Waals surface area contributed by atoms with Crippen LogP contribution < -0.4 is 5.32 Å². The van der Waals surface area contributed by atoms with E-state index in [4.69, 9.17) is 5.11 Å². The van der Waals surface area contributed by atoms with Crippen molar-refractivity contribution in [3.8, 4) is 0 Å². The third kappa shape index (κ3) is 4.26. The molecule has 6 nitrogen and oxygen atoms in total. The minimum atomic E-state index is -1.09. The van der Waals surface area contributed by atoms with Crippen LogP contribution in [0.2, 0.25) is 0 Å². The van der Waals surface area contributed by atoms with Gasteiger partial charge in [0.2, 0.25) is 5.91 Å². The number of carbonyl (C=O) groups excluding carboxylic acids is 1. The van der Waals surface area contributed by atoms with Crippen LogP contribution in [0.4, 0.5) is 0 Å². The summed E-state index contributed by atoms with van der Waals surface area (Å²) < 4.78 is 1.17. The highest BCUT2D eigenvalue weighted by Crippen LogP contribution is 1.99. The van der Waals surface area contributed by atoms with E-state index in [2.05, 4.69) is 24.3 Å². The zero-order valence-corrected chi connectivity index (χ0v) is 10.0. The highest BCUT2D eigenvalue weighted by Gasteiger charge is 2.12. The molecule has 1 heterocycles. The first kappa shape index (κ1) is 13.2. The number of rotatable bonds is 6. The second-order valence-electron chi connectivity index (χ2n) is 4.21. The Morgan fingerprint density at radius 2 is 2.24 bits per heavy atom. The van der Waals surface area contributed by atoms with Crippen LogP contribution in [0.1, 0.15) is 30.8 Å². The molecule has 2 N–H and O–H groups in total. The minimum absolute atomic E-state index is 0.0176. The van der Waals surface area contributed by atoms with Gasteiger partial charge in [0.1, 0.15) is 12.2 Å². The molecule has 17 heavy (non-hydrogen) atoms. The molecule has 1 rings (SSSR count). The summed E-state index contributed by atoms with van der Waals surface area (Å²) in [5, 5.41) is 15.3. The molecular formula is C11H17N3O3. The first-order chi connectivity index (χ1) is 8.00. The van der Waals surface area contributed by atoms with Gasteiger partial charge in [0.25, 0.3) is 0 Å². The third-order valence-electron chi connectivity index (χ3n) is 2.27. The lowest BCUT2D eigenvalue weighted by Crippen LogP contribution is -2.30. The van der Waals surface area contributed by atoms with E-state index in [0.717, 1.165) is 6.42 Å². The van der Waals surface area contributed by atoms with Gasteiger partial charge >= 0.3 is 5.97 Å². The van der Waals surface area contributed by atoms with Crippen LogP contribution in [0, 0.1) is 5.92 Å². The molecule has 0 fully saturated rings. The van der Waals surface area contributed by atoms with Crippen molar-refractivity contribution < 1.29 is 14.7 Å². The summed E-state index contributed by atoms with van der Waals surface area (Å²) in [5.74, 6) is -0.788. The lowest BCUT2D eigenvalue weighted by Gasteiger charge is -2.08. The number of hydrogen-bond acceptors (Lipinski definition) is 3. The summed E-state index contributed by atoms with van der Waals surface area (Å²) in [6, 6.07) is 1.36. The van der Waals surface area contributed by atoms with Crippen LogP contribution in [-0.2, 0) is 11.3 Å². The van der Waals surface area contributed by atoms with Crippen LogP contribution in [0.25, 0.3) is 0 Å². The van der Waals surface area contributed by atoms with Gasteiger partial charge in [-0.15, -0.1) is 0 Å². The lowest BCUT2D eigenvalue weighted by atomic mass is 10.1. The van der Waals surface area contributed by atoms with Crippen molar-refractivity contribution in [2.75, 3.05) is 6.54 Å². The number of carboxylic acid groups (broad SMARTS) is 1. The Balaban J connectivity index is 2.45. The standard InChI is InChI=1S/C11H17N3O3/c1-8(2)3-5-12-10(15)7-14-9(11(16)17)4-6-13-14/h4,6,8H,3,5,7H2,1-2H3,(H,12,15)(H,16,17). The molecule has 0 aromatic carbocycles. The predicted octanol–water partition coefficient (Wildman–Crippen LogP) is 0.744. The molecule has 6 heteroatoms. The molecule has 0 saturated heterocycles. The Morgan fingerprint density at radius 3 is 2.82 bits per heavy atom. The van der Waals surface area contributed by atoms with Crippen LogP contribution >= 0.6 is 0 Å². The van der Waals surface area contributed by atoms with Crippen molar-refractivity contribution in [2.45, 2.75) is 26.8 Å². The van der Waals surface area contributed by atoms with Crippen molar-refractivity contribution in [3.05, 3.63) is 18.0 Å². The van der Waals surface area contributed by atoms with Gasteiger partial charge in [0.05, 0.1) is 0 Å². The van der Waals surface area contributed by atoms with Crippen LogP contribution in [-0.4, -0.2) is 33.3 Å². The summed E-state index contributed by atoms with van der Waals surface area (Å²) in [5.41, 5.74) is 0.0176. The lowest BCUT2D eigenvalue weighted by molar-refractivity contribution is -0.121. The average Bonchev–Trinajstić information content (AvgIpc) is 2.65. The van der Waals surface area contributed by atoms with Crippen LogP contribution in [0.15, 0.2) is 12.3 Å². The summed E-state index contributed by atoms with van der Waals surface area (Å²) >= 11 is 0. The van der Waals surface area contributed by atoms with Gasteiger partial charge in [-0.1, -0.05) is 13.8 Å². The summed E-state index contributed by atoms with van der Waals surface area (Å²) in [6.07, 6.45) is 2.27. The van der Waals surface area contributed by atoms with Crippen molar-refractivity contribution in [2.24, 2.45) is 5.92 Å². The Bertz CT molecular complexity index is 398. The highest BCUT2D eigenvalue weighted by molar-refractivity contribution is 5.86. The maximum atomic E-state index is 11.5. The number of nitrogens with zero attached hydrogens (tertiary/aromatic N) is 2. The quantitative estimate of drug-likeness (QED) is 0.767. The van der Waals surface area contributed by atoms with Gasteiger partial charge in [-0.3, -0.25) is 4.79 Å². The van der Waals surface area contributed by atoms with E-state index in [1.807, 2.05) is 0 Å². The average molecular weight is 239 g/mol. The Morgan fingerprint density at radius 1 is 1.53 bits per heavy atom. The SMILES string of the molecule is CC(C)CCNC(=O)Cn1nccc1C(=O)O. The van der Waals surface area contributed by atoms with E-state index in [1.54, 1.807) is 0 Å². The van der Waals surface area contributed by atoms with E-state index >= 15 is 0 Å². The minimum Gasteiger partial charge on any atom is -0.477 e. The molecular weight excluding hydrogens is 222 g/mol. The zero-order valence-electron chi connectivity index (χ0n) is 10.0. The monoisotopic (exact) mass is 239 g/mol. The van der Waals surface area contributed by atoms with Crippen molar-refractivity contribution in [1.29, 1.82) is 0 Å². The topological polar surface area (TPSA) is 84.2 Å². The Hall–Kier alpha value is -1.85. The molecule has 0 aliphatic rings. The van der Waals surface area contributed by atoms with E-state index in [9.17, 15) is 9.59 Å². The molecule has 0 aliphatic carbocycles. The van der Waals surface area contributed by atoms with Crippen LogP contribution in [0.5, 0.6) is 0 Å². The summed E-state index contributed by atoms with van der Waals surface area (Å²) in [7, 11) is 0. The first-order valence-electron chi connectivity index (χ1n) is 5.52. The molecule has 0 radical (unpaired) electrons. The third-order valence-corrected chi connectivity index (χ3v) is 2.27. The number of hydrogen-bond donors (Lipinski definition) is 2. The van der Waals surface area contributed by atoms with E-state index < -0.39 is 5.97 Å². The van der Waals surface area contributed by atoms with Gasteiger partial charge in [-0.2, -0.15) is 5.10 Å². The fourth-order valence-electron chi connectivity index (χ4n) is 1.33. The molecule has 94 valence electrons. The molecule has 0 saturated carbocycles. The number of aromatic carboxylic acids is 1. The van der Waals surface area contributed by atoms with Gasteiger partial charge in [0.15, 0.2) is 0 Å². The van der Waals surface area contributed by atoms with Gasteiger partial charge in [-0.25, -0.2) is 9.48 Å². The Labute approximate surface area is 99.6 Å². The largest absolute Gasteiger partial charge is 0.477 e. The number of carbonyl (C=O) groups is 2. The summed E-state index contributed by atoms with van der Waals surface area (Å²) in [6.45, 7) is 4.68. The van der Waals surface area contributed by atoms with E-state index in [0.29, 0.717) is 12.5 Å². The molecule has 1 aromatic rings. The first-order valence-corrected chi connectivity index (χ1v) is 5.52. The maximum Gasteiger partial charge on any atom is 0.354 e. The molecule has 0 atom stereocenters. The fourth-order valence-corrected chi connectivity index (χ4v) is 1.33. The normalized spacial score (nSPS) is 10.5. The maximum absolute atomic E-state index is 11.5. The van der Waals surface area contributed by atoms with Crippen molar-refractivity contribution in [3.63, 3.8) is 0 Å². The predicted molar refractivity (Wildman–Crippen MR) is 61.7 cm³/mol. The second kappa shape index (κ2) is 6.03. The van der Waals surface area contributed by atoms with Gasteiger partial charge in [0, 0.05) is 12.7 Å². The second-order valence-corrected chi connectivity index (χ2v) is 4.21. The fraction of sp³-hybridized carbons (Fsp3) is 0.545. The molecule has 0 bridgehead atoms. The molecule has 1 amide bonds. The Kier molecular flexibility index (Phi) is 4.68. The number of nitrogens with one attached hydrogen (secondary N) is 1. The van der Waals surface area contributed by atoms with Gasteiger partial charge < -0.3 is 10.4 Å². The van der Waals surface area contributed by atoms with Crippen molar-refractivity contribution in [1.82, 2.24) is 15.1 Å². The number of carboxylic acids is 1. The van der Waals surface area contributed by atoms with Crippen molar-refractivity contribution >= 4 is 11.9 Å². The summed E-state index contributed by atoms with van der Waals surface area (Å²) in [4.78, 5) is 22.3. The van der Waals surface area contributed by atoms with Crippen LogP contribution in [0.3, 0.4) is 0 Å². The number of amides is 1. The smallest absolute Gasteiger partial charge is 0.354 e. The molecule has 0 aliphatic heterocycles. The molecule has 1 aromatic heterocycles. The zero-order chi connectivity index (χ0) is 12.8. The van der Waals surface area contributed by atoms with Gasteiger partial charge in [-0.05, 0) is 18.4 Å². The number of aromatic nitrogens is 2.